The van der Waals surface area contributed by atoms with Crippen LogP contribution in [0.3, 0.4) is 0 Å². The van der Waals surface area contributed by atoms with Gasteiger partial charge < -0.3 is 0 Å². The summed E-state index contributed by atoms with van der Waals surface area (Å²) in [6, 6.07) is 63.6. The molecule has 0 N–H and O–H groups in total. The van der Waals surface area contributed by atoms with Crippen molar-refractivity contribution in [2.75, 3.05) is 0 Å². The first-order valence-corrected chi connectivity index (χ1v) is 22.0. The van der Waals surface area contributed by atoms with E-state index in [9.17, 15) is 0 Å². The minimum Gasteiger partial charge on any atom is -0.236 e. The van der Waals surface area contributed by atoms with Gasteiger partial charge in [0.15, 0.2) is 11.5 Å². The number of pyridine rings is 1. The highest BCUT2D eigenvalue weighted by atomic mass is 79.9. The number of alkyl halides is 1. The van der Waals surface area contributed by atoms with Crippen LogP contribution in [0.4, 0.5) is 11.8 Å². The van der Waals surface area contributed by atoms with E-state index in [0.717, 1.165) is 48.3 Å². The SMILES string of the molecule is Cc1c(CBr)cnc2nc(N=P(c3ccccc3)(c3ccccc3)c3ccccc3)nc(N=P(c3ccccc3)(c3ccccc3)c3ccccc3)c12. The number of rotatable bonds is 9. The van der Waals surface area contributed by atoms with Gasteiger partial charge in [-0.25, -0.2) is 14.5 Å². The summed E-state index contributed by atoms with van der Waals surface area (Å²) in [7, 11) is -5.40. The van der Waals surface area contributed by atoms with Crippen LogP contribution in [0.5, 0.6) is 0 Å². The zero-order valence-corrected chi connectivity index (χ0v) is 32.5. The molecule has 8 rings (SSSR count). The predicted octanol–water partition coefficient (Wildman–Crippen LogP) is 9.85. The van der Waals surface area contributed by atoms with Gasteiger partial charge >= 0.3 is 0 Å². The second-order valence-corrected chi connectivity index (χ2v) is 19.2. The van der Waals surface area contributed by atoms with Crippen LogP contribution in [0.2, 0.25) is 0 Å². The lowest BCUT2D eigenvalue weighted by Gasteiger charge is -2.27. The minimum atomic E-state index is -2.71. The summed E-state index contributed by atoms with van der Waals surface area (Å²) >= 11 is 3.70. The number of halogens is 1. The summed E-state index contributed by atoms with van der Waals surface area (Å²) in [5, 5.41) is 8.19. The van der Waals surface area contributed by atoms with E-state index in [1.807, 2.05) is 24.4 Å². The number of fused-ring (bicyclic) bond motifs is 1. The van der Waals surface area contributed by atoms with Crippen molar-refractivity contribution in [2.45, 2.75) is 12.3 Å². The average Bonchev–Trinajstić information content (AvgIpc) is 3.24. The maximum atomic E-state index is 5.93. The first-order chi connectivity index (χ1) is 26.1. The van der Waals surface area contributed by atoms with Crippen LogP contribution < -0.4 is 31.8 Å². The smallest absolute Gasteiger partial charge is 0.236 e. The molecule has 0 amide bonds. The Morgan fingerprint density at radius 2 is 0.811 bits per heavy atom. The first-order valence-electron chi connectivity index (χ1n) is 17.4. The fourth-order valence-corrected chi connectivity index (χ4v) is 14.3. The number of aromatic nitrogens is 3. The Bertz CT molecular complexity index is 2400. The zero-order chi connectivity index (χ0) is 36.1. The molecule has 0 saturated carbocycles. The van der Waals surface area contributed by atoms with E-state index >= 15 is 0 Å². The molecule has 258 valence electrons. The normalized spacial score (nSPS) is 11.7. The molecule has 0 unspecified atom stereocenters. The molecule has 5 nitrogen and oxygen atoms in total. The quantitative estimate of drug-likeness (QED) is 0.108. The summed E-state index contributed by atoms with van der Waals surface area (Å²) in [6.45, 7) is 2.11. The van der Waals surface area contributed by atoms with Crippen molar-refractivity contribution in [3.05, 3.63) is 199 Å². The lowest BCUT2D eigenvalue weighted by molar-refractivity contribution is 1.13. The summed E-state index contributed by atoms with van der Waals surface area (Å²) in [5.74, 6) is 0.936. The lowest BCUT2D eigenvalue weighted by Crippen LogP contribution is -2.25. The van der Waals surface area contributed by atoms with Crippen LogP contribution in [0.1, 0.15) is 11.1 Å². The molecule has 0 spiro atoms. The molecule has 0 saturated heterocycles. The van der Waals surface area contributed by atoms with E-state index in [1.165, 1.54) is 0 Å². The van der Waals surface area contributed by atoms with Gasteiger partial charge in [-0.05, 0) is 18.1 Å². The molecule has 8 heteroatoms. The maximum Gasteiger partial charge on any atom is 0.253 e. The van der Waals surface area contributed by atoms with Gasteiger partial charge in [-0.15, -0.1) is 0 Å². The highest BCUT2D eigenvalue weighted by Crippen LogP contribution is 2.52. The van der Waals surface area contributed by atoms with Crippen molar-refractivity contribution in [1.29, 1.82) is 0 Å². The Labute approximate surface area is 319 Å². The van der Waals surface area contributed by atoms with Gasteiger partial charge in [-0.1, -0.05) is 198 Å². The van der Waals surface area contributed by atoms with Gasteiger partial charge in [0, 0.05) is 43.4 Å². The molecule has 0 radical (unpaired) electrons. The second kappa shape index (κ2) is 15.4. The number of hydrogen-bond donors (Lipinski definition) is 0. The van der Waals surface area contributed by atoms with Gasteiger partial charge in [0.2, 0.25) is 0 Å². The van der Waals surface area contributed by atoms with Gasteiger partial charge in [-0.2, -0.15) is 9.97 Å². The largest absolute Gasteiger partial charge is 0.253 e. The zero-order valence-electron chi connectivity index (χ0n) is 29.1. The molecule has 6 aromatic carbocycles. The molecule has 2 heterocycles. The van der Waals surface area contributed by atoms with E-state index in [-0.39, 0.29) is 0 Å². The van der Waals surface area contributed by atoms with Gasteiger partial charge in [0.1, 0.15) is 0 Å². The fraction of sp³-hybridized carbons (Fsp3) is 0.0444. The molecule has 8 aromatic rings. The van der Waals surface area contributed by atoms with Crippen LogP contribution in [-0.2, 0) is 5.33 Å². The standard InChI is InChI=1S/C45H36BrN5P2/c1-34-35(32-46)33-47-43-42(34)44(50-52(36-20-8-2-9-21-36,37-22-10-3-11-23-37)38-24-12-4-13-25-38)49-45(48-43)51-53(39-26-14-5-15-27-39,40-28-16-6-17-29-40)41-30-18-7-19-31-41/h2-31,33H,32H2,1H3. The Kier molecular flexibility index (Phi) is 10.1. The maximum absolute atomic E-state index is 5.93. The molecular formula is C45H36BrN5P2. The topological polar surface area (TPSA) is 63.4 Å². The molecule has 53 heavy (non-hydrogen) atoms. The molecule has 0 bridgehead atoms. The molecule has 0 aliphatic rings. The third kappa shape index (κ3) is 6.53. The Hall–Kier alpha value is -5.25. The molecule has 0 aliphatic carbocycles. The van der Waals surface area contributed by atoms with Gasteiger partial charge in [0.05, 0.1) is 19.5 Å². The Morgan fingerprint density at radius 3 is 1.15 bits per heavy atom. The number of benzene rings is 6. The Balaban J connectivity index is 1.56. The van der Waals surface area contributed by atoms with Crippen molar-refractivity contribution < 1.29 is 0 Å². The summed E-state index contributed by atoms with van der Waals surface area (Å²) in [4.78, 5) is 15.5. The number of nitrogens with zero attached hydrogens (tertiary/aromatic N) is 5. The van der Waals surface area contributed by atoms with Crippen molar-refractivity contribution >= 4 is 84.7 Å². The summed E-state index contributed by atoms with van der Waals surface area (Å²) in [5.41, 5.74) is 2.67. The van der Waals surface area contributed by atoms with Crippen molar-refractivity contribution in [1.82, 2.24) is 15.0 Å². The van der Waals surface area contributed by atoms with E-state index in [1.54, 1.807) is 0 Å². The highest BCUT2D eigenvalue weighted by molar-refractivity contribution is 9.08. The molecule has 0 fully saturated rings. The summed E-state index contributed by atoms with van der Waals surface area (Å²) < 4.78 is 11.7. The van der Waals surface area contributed by atoms with E-state index in [0.29, 0.717) is 22.7 Å². The van der Waals surface area contributed by atoms with E-state index < -0.39 is 14.1 Å². The molecular weight excluding hydrogens is 752 g/mol. The third-order valence-electron chi connectivity index (χ3n) is 9.47. The van der Waals surface area contributed by atoms with Crippen molar-refractivity contribution in [3.63, 3.8) is 0 Å². The number of hydrogen-bond acceptors (Lipinski definition) is 5. The fourth-order valence-electron chi connectivity index (χ4n) is 6.88. The average molecular weight is 789 g/mol. The van der Waals surface area contributed by atoms with E-state index in [4.69, 9.17) is 24.4 Å². The van der Waals surface area contributed by atoms with Crippen molar-refractivity contribution in [3.8, 4) is 0 Å². The third-order valence-corrected chi connectivity index (χ3v) is 17.3. The highest BCUT2D eigenvalue weighted by Gasteiger charge is 2.31. The molecule has 2 aromatic heterocycles. The summed E-state index contributed by atoms with van der Waals surface area (Å²) in [6.07, 6.45) is 1.90. The van der Waals surface area contributed by atoms with Gasteiger partial charge in [-0.3, -0.25) is 0 Å². The van der Waals surface area contributed by atoms with Crippen LogP contribution >= 0.6 is 30.0 Å². The van der Waals surface area contributed by atoms with Crippen LogP contribution in [0, 0.1) is 6.92 Å². The lowest BCUT2D eigenvalue weighted by atomic mass is 10.1. The van der Waals surface area contributed by atoms with Crippen molar-refractivity contribution in [2.24, 2.45) is 9.49 Å². The molecule has 0 atom stereocenters. The van der Waals surface area contributed by atoms with Crippen LogP contribution in [-0.4, -0.2) is 15.0 Å². The molecule has 0 aliphatic heterocycles. The minimum absolute atomic E-state index is 0.354. The monoisotopic (exact) mass is 787 g/mol. The van der Waals surface area contributed by atoms with Crippen LogP contribution in [0.15, 0.2) is 198 Å². The van der Waals surface area contributed by atoms with Gasteiger partial charge in [0.25, 0.3) is 5.95 Å². The second-order valence-electron chi connectivity index (χ2n) is 12.6. The predicted molar refractivity (Wildman–Crippen MR) is 229 cm³/mol. The van der Waals surface area contributed by atoms with Crippen LogP contribution in [0.25, 0.3) is 11.0 Å². The first kappa shape index (κ1) is 34.8. The number of aryl methyl sites for hydroxylation is 1. The van der Waals surface area contributed by atoms with E-state index in [2.05, 4.69) is 187 Å². The Morgan fingerprint density at radius 1 is 0.472 bits per heavy atom.